The minimum absolute atomic E-state index is 0.0602. The van der Waals surface area contributed by atoms with Crippen LogP contribution in [0.1, 0.15) is 33.5 Å². The van der Waals surface area contributed by atoms with Gasteiger partial charge in [-0.05, 0) is 37.5 Å². The number of nitrogens with one attached hydrogen (secondary N) is 1. The van der Waals surface area contributed by atoms with Crippen molar-refractivity contribution in [1.29, 1.82) is 0 Å². The number of rotatable bonds is 4. The number of aryl methyl sites for hydroxylation is 2. The first kappa shape index (κ1) is 21.4. The molecule has 0 radical (unpaired) electrons. The zero-order valence-corrected chi connectivity index (χ0v) is 18.8. The number of amides is 2. The van der Waals surface area contributed by atoms with Crippen LogP contribution in [0.3, 0.4) is 0 Å². The molecule has 0 aromatic heterocycles. The van der Waals surface area contributed by atoms with Crippen molar-refractivity contribution in [3.63, 3.8) is 0 Å². The Kier molecular flexibility index (Phi) is 5.75. The van der Waals surface area contributed by atoms with E-state index in [0.29, 0.717) is 25.2 Å². The lowest BCUT2D eigenvalue weighted by Crippen LogP contribution is -2.57. The lowest BCUT2D eigenvalue weighted by Gasteiger charge is -2.35. The van der Waals surface area contributed by atoms with Crippen molar-refractivity contribution in [2.24, 2.45) is 5.92 Å². The van der Waals surface area contributed by atoms with Crippen LogP contribution in [0, 0.1) is 12.8 Å². The maximum absolute atomic E-state index is 13.2. The first-order valence-electron chi connectivity index (χ1n) is 10.8. The van der Waals surface area contributed by atoms with Crippen LogP contribution in [0.4, 0.5) is 0 Å². The fraction of sp³-hybridized carbons (Fsp3) is 0.440. The van der Waals surface area contributed by atoms with Gasteiger partial charge in [-0.1, -0.05) is 35.9 Å². The Morgan fingerprint density at radius 2 is 2.03 bits per heavy atom. The average Bonchev–Trinajstić information content (AvgIpc) is 3.02. The number of hydrogen-bond donors (Lipinski definition) is 1. The molecule has 2 aliphatic heterocycles. The number of hydrogen-bond acceptors (Lipinski definition) is 4. The highest BCUT2D eigenvalue weighted by atomic mass is 16.5. The van der Waals surface area contributed by atoms with Gasteiger partial charge in [-0.3, -0.25) is 14.5 Å². The largest absolute Gasteiger partial charge is 0.496 e. The highest BCUT2D eigenvalue weighted by Gasteiger charge is 2.52. The molecule has 1 saturated heterocycles. The fourth-order valence-corrected chi connectivity index (χ4v) is 5.08. The molecule has 0 saturated carbocycles. The summed E-state index contributed by atoms with van der Waals surface area (Å²) in [6.45, 7) is 3.97. The summed E-state index contributed by atoms with van der Waals surface area (Å²) in [6, 6.07) is 13.9. The summed E-state index contributed by atoms with van der Waals surface area (Å²) in [7, 11) is 5.26. The van der Waals surface area contributed by atoms with Crippen molar-refractivity contribution < 1.29 is 14.3 Å². The summed E-state index contributed by atoms with van der Waals surface area (Å²) < 4.78 is 5.57. The molecule has 6 nitrogen and oxygen atoms in total. The number of methoxy groups -OCH3 is 1. The molecule has 0 bridgehead atoms. The van der Waals surface area contributed by atoms with Crippen molar-refractivity contribution in [3.05, 3.63) is 64.7 Å². The SMILES string of the molecule is COc1ccc(C)cc1CN1C[C@@H](C(=O)N(C)C)[C@]2(CCc3ccccc3C(=O)N2)C1. The van der Waals surface area contributed by atoms with Gasteiger partial charge in [0.1, 0.15) is 5.75 Å². The topological polar surface area (TPSA) is 61.9 Å². The maximum atomic E-state index is 13.2. The number of carbonyl (C=O) groups excluding carboxylic acids is 2. The van der Waals surface area contributed by atoms with E-state index in [4.69, 9.17) is 4.74 Å². The first-order chi connectivity index (χ1) is 14.8. The molecular formula is C25H31N3O3. The van der Waals surface area contributed by atoms with Crippen molar-refractivity contribution in [2.75, 3.05) is 34.3 Å². The number of benzene rings is 2. The Balaban J connectivity index is 1.66. The van der Waals surface area contributed by atoms with E-state index in [1.165, 1.54) is 5.56 Å². The zero-order valence-electron chi connectivity index (χ0n) is 18.8. The highest BCUT2D eigenvalue weighted by Crippen LogP contribution is 2.37. The number of fused-ring (bicyclic) bond motifs is 1. The van der Waals surface area contributed by atoms with E-state index in [1.54, 1.807) is 26.1 Å². The van der Waals surface area contributed by atoms with Gasteiger partial charge in [0.05, 0.1) is 18.6 Å². The van der Waals surface area contributed by atoms with E-state index < -0.39 is 5.54 Å². The third kappa shape index (κ3) is 4.04. The second-order valence-electron chi connectivity index (χ2n) is 9.04. The Bertz CT molecular complexity index is 1000. The molecule has 2 heterocycles. The van der Waals surface area contributed by atoms with Crippen LogP contribution in [0.5, 0.6) is 5.75 Å². The van der Waals surface area contributed by atoms with Crippen LogP contribution in [0.15, 0.2) is 42.5 Å². The van der Waals surface area contributed by atoms with E-state index >= 15 is 0 Å². The Morgan fingerprint density at radius 1 is 1.26 bits per heavy atom. The molecule has 6 heteroatoms. The molecular weight excluding hydrogens is 390 g/mol. The van der Waals surface area contributed by atoms with Crippen molar-refractivity contribution >= 4 is 11.8 Å². The molecule has 0 unspecified atom stereocenters. The second-order valence-corrected chi connectivity index (χ2v) is 9.04. The predicted octanol–water partition coefficient (Wildman–Crippen LogP) is 2.64. The summed E-state index contributed by atoms with van der Waals surface area (Å²) in [5.41, 5.74) is 3.44. The summed E-state index contributed by atoms with van der Waals surface area (Å²) in [6.07, 6.45) is 1.51. The van der Waals surface area contributed by atoms with Gasteiger partial charge < -0.3 is 15.0 Å². The summed E-state index contributed by atoms with van der Waals surface area (Å²) in [4.78, 5) is 30.3. The van der Waals surface area contributed by atoms with Gasteiger partial charge in [0.15, 0.2) is 0 Å². The summed E-state index contributed by atoms with van der Waals surface area (Å²) >= 11 is 0. The van der Waals surface area contributed by atoms with Crippen LogP contribution in [0.2, 0.25) is 0 Å². The van der Waals surface area contributed by atoms with Crippen molar-refractivity contribution in [2.45, 2.75) is 31.8 Å². The molecule has 2 aromatic carbocycles. The molecule has 1 N–H and O–H groups in total. The first-order valence-corrected chi connectivity index (χ1v) is 10.8. The predicted molar refractivity (Wildman–Crippen MR) is 120 cm³/mol. The molecule has 164 valence electrons. The van der Waals surface area contributed by atoms with Crippen LogP contribution < -0.4 is 10.1 Å². The van der Waals surface area contributed by atoms with Crippen LogP contribution >= 0.6 is 0 Å². The number of ether oxygens (including phenoxy) is 1. The smallest absolute Gasteiger partial charge is 0.252 e. The monoisotopic (exact) mass is 421 g/mol. The van der Waals surface area contributed by atoms with E-state index in [-0.39, 0.29) is 17.7 Å². The zero-order chi connectivity index (χ0) is 22.2. The second kappa shape index (κ2) is 8.35. The maximum Gasteiger partial charge on any atom is 0.252 e. The van der Waals surface area contributed by atoms with Gasteiger partial charge in [0.25, 0.3) is 5.91 Å². The minimum Gasteiger partial charge on any atom is -0.496 e. The molecule has 1 fully saturated rings. The third-order valence-electron chi connectivity index (χ3n) is 6.65. The number of carbonyl (C=O) groups is 2. The van der Waals surface area contributed by atoms with Crippen LogP contribution in [0.25, 0.3) is 0 Å². The van der Waals surface area contributed by atoms with Gasteiger partial charge in [-0.15, -0.1) is 0 Å². The lowest BCUT2D eigenvalue weighted by atomic mass is 9.81. The Hall–Kier alpha value is -2.86. The van der Waals surface area contributed by atoms with Crippen molar-refractivity contribution in [1.82, 2.24) is 15.1 Å². The summed E-state index contributed by atoms with van der Waals surface area (Å²) in [5.74, 6) is 0.528. The standard InChI is InChI=1S/C25H31N3O3/c1-17-9-10-22(31-4)19(13-17)14-28-15-21(24(30)27(2)3)25(16-28)12-11-18-7-5-6-8-20(18)23(29)26-25/h5-10,13,21H,11-12,14-16H2,1-4H3,(H,26,29)/t21-,25-/m0/s1. The van der Waals surface area contributed by atoms with E-state index in [2.05, 4.69) is 23.2 Å². The van der Waals surface area contributed by atoms with Gasteiger partial charge in [0.2, 0.25) is 5.91 Å². The van der Waals surface area contributed by atoms with E-state index in [0.717, 1.165) is 29.7 Å². The minimum atomic E-state index is -0.589. The van der Waals surface area contributed by atoms with Gasteiger partial charge in [-0.25, -0.2) is 0 Å². The molecule has 4 rings (SSSR count). The van der Waals surface area contributed by atoms with Gasteiger partial charge in [-0.2, -0.15) is 0 Å². The Morgan fingerprint density at radius 3 is 2.77 bits per heavy atom. The molecule has 2 atom stereocenters. The van der Waals surface area contributed by atoms with Gasteiger partial charge in [0, 0.05) is 44.9 Å². The molecule has 2 aromatic rings. The van der Waals surface area contributed by atoms with E-state index in [1.807, 2.05) is 36.4 Å². The number of likely N-dealkylation sites (tertiary alicyclic amines) is 1. The molecule has 0 aliphatic carbocycles. The van der Waals surface area contributed by atoms with Gasteiger partial charge >= 0.3 is 0 Å². The molecule has 2 amide bonds. The third-order valence-corrected chi connectivity index (χ3v) is 6.65. The Labute approximate surface area is 184 Å². The molecule has 1 spiro atoms. The average molecular weight is 422 g/mol. The van der Waals surface area contributed by atoms with Crippen LogP contribution in [-0.4, -0.2) is 61.4 Å². The highest BCUT2D eigenvalue weighted by molar-refractivity contribution is 5.97. The molecule has 31 heavy (non-hydrogen) atoms. The lowest BCUT2D eigenvalue weighted by molar-refractivity contribution is -0.134. The summed E-state index contributed by atoms with van der Waals surface area (Å²) in [5, 5.41) is 3.29. The normalized spacial score (nSPS) is 23.2. The van der Waals surface area contributed by atoms with Crippen molar-refractivity contribution in [3.8, 4) is 5.75 Å². The quantitative estimate of drug-likeness (QED) is 0.825. The van der Waals surface area contributed by atoms with E-state index in [9.17, 15) is 9.59 Å². The van der Waals surface area contributed by atoms with Crippen LogP contribution in [-0.2, 0) is 17.8 Å². The molecule has 2 aliphatic rings. The number of nitrogens with zero attached hydrogens (tertiary/aromatic N) is 2. The fourth-order valence-electron chi connectivity index (χ4n) is 5.08.